The Morgan fingerprint density at radius 1 is 0.556 bits per heavy atom. The summed E-state index contributed by atoms with van der Waals surface area (Å²) in [7, 11) is -1.73. The van der Waals surface area contributed by atoms with E-state index in [9.17, 15) is 0 Å². The normalized spacial score (nSPS) is 16.7. The molecule has 0 saturated heterocycles. The van der Waals surface area contributed by atoms with E-state index in [0.29, 0.717) is 19.8 Å². The Labute approximate surface area is 115 Å². The molecule has 0 spiro atoms. The molecule has 110 valence electrons. The molecule has 1 fully saturated rings. The van der Waals surface area contributed by atoms with Gasteiger partial charge in [0.25, 0.3) is 0 Å². The Kier molecular flexibility index (Phi) is 15.2. The summed E-state index contributed by atoms with van der Waals surface area (Å²) in [6.07, 6.45) is 12.0. The second-order valence-corrected chi connectivity index (χ2v) is 6.06. The first-order valence-corrected chi connectivity index (χ1v) is 9.11. The molecule has 1 saturated carbocycles. The van der Waals surface area contributed by atoms with Gasteiger partial charge in [-0.05, 0) is 20.8 Å². The molecule has 0 unspecified atom stereocenters. The highest BCUT2D eigenvalue weighted by molar-refractivity contribution is 6.36. The van der Waals surface area contributed by atoms with Crippen molar-refractivity contribution in [3.63, 3.8) is 0 Å². The number of hydrogen-bond acceptors (Lipinski definition) is 3. The lowest BCUT2D eigenvalue weighted by Crippen LogP contribution is -2.27. The predicted octanol–water partition coefficient (Wildman–Crippen LogP) is 3.93. The minimum Gasteiger partial charge on any atom is -0.376 e. The minimum absolute atomic E-state index is 0.677. The van der Waals surface area contributed by atoms with E-state index in [4.69, 9.17) is 13.3 Å². The van der Waals surface area contributed by atoms with Gasteiger partial charge in [-0.3, -0.25) is 0 Å². The zero-order valence-electron chi connectivity index (χ0n) is 12.6. The van der Waals surface area contributed by atoms with Gasteiger partial charge in [0.05, 0.1) is 0 Å². The van der Waals surface area contributed by atoms with Crippen molar-refractivity contribution in [3.05, 3.63) is 0 Å². The van der Waals surface area contributed by atoms with Crippen LogP contribution in [0.2, 0.25) is 0 Å². The third-order valence-corrected chi connectivity index (χ3v) is 4.72. The van der Waals surface area contributed by atoms with E-state index in [0.717, 1.165) is 0 Å². The Morgan fingerprint density at radius 2 is 0.778 bits per heavy atom. The van der Waals surface area contributed by atoms with Crippen molar-refractivity contribution in [2.24, 2.45) is 0 Å². The van der Waals surface area contributed by atoms with Crippen LogP contribution in [-0.4, -0.2) is 29.3 Å². The van der Waals surface area contributed by atoms with Crippen molar-refractivity contribution >= 4 is 9.53 Å². The third kappa shape index (κ3) is 12.6. The van der Waals surface area contributed by atoms with Crippen LogP contribution in [0, 0.1) is 0 Å². The highest BCUT2D eigenvalue weighted by atomic mass is 28.3. The van der Waals surface area contributed by atoms with Crippen LogP contribution < -0.4 is 0 Å². The molecule has 0 bridgehead atoms. The quantitative estimate of drug-likeness (QED) is 0.688. The van der Waals surface area contributed by atoms with Gasteiger partial charge in [0, 0.05) is 19.8 Å². The molecule has 0 heterocycles. The molecule has 0 amide bonds. The Morgan fingerprint density at radius 3 is 0.944 bits per heavy atom. The van der Waals surface area contributed by atoms with Crippen LogP contribution in [0.3, 0.4) is 0 Å². The van der Waals surface area contributed by atoms with Crippen molar-refractivity contribution in [3.8, 4) is 0 Å². The Bertz CT molecular complexity index is 118. The van der Waals surface area contributed by atoms with Gasteiger partial charge in [-0.25, -0.2) is 0 Å². The summed E-state index contributed by atoms with van der Waals surface area (Å²) in [6, 6.07) is 0. The fraction of sp³-hybridized carbons (Fsp3) is 1.00. The molecule has 0 radical (unpaired) electrons. The van der Waals surface area contributed by atoms with E-state index >= 15 is 0 Å². The fourth-order valence-corrected chi connectivity index (χ4v) is 3.07. The standard InChI is InChI=1S/C8H16.C6H16O3Si/c1-2-4-6-8-7-5-3-1;1-4-7-10(8-5-2)9-6-3/h1-8H2;10H,4-6H2,1-3H3. The molecule has 0 aliphatic heterocycles. The van der Waals surface area contributed by atoms with Crippen molar-refractivity contribution in [2.75, 3.05) is 19.8 Å². The summed E-state index contributed by atoms with van der Waals surface area (Å²) >= 11 is 0. The smallest absolute Gasteiger partial charge is 0.376 e. The van der Waals surface area contributed by atoms with E-state index in [1.165, 1.54) is 51.4 Å². The average molecular weight is 276 g/mol. The summed E-state index contributed by atoms with van der Waals surface area (Å²) in [5.41, 5.74) is 0. The van der Waals surface area contributed by atoms with E-state index in [-0.39, 0.29) is 0 Å². The lowest BCUT2D eigenvalue weighted by Gasteiger charge is -2.12. The maximum Gasteiger partial charge on any atom is 0.484 e. The molecule has 4 heteroatoms. The molecular formula is C14H32O3Si. The van der Waals surface area contributed by atoms with Crippen LogP contribution in [0.4, 0.5) is 0 Å². The maximum absolute atomic E-state index is 5.22. The average Bonchev–Trinajstić information content (AvgIpc) is 2.30. The zero-order chi connectivity index (χ0) is 13.5. The van der Waals surface area contributed by atoms with Crippen molar-refractivity contribution in [1.29, 1.82) is 0 Å². The Hall–Kier alpha value is 0.0969. The van der Waals surface area contributed by atoms with Gasteiger partial charge in [-0.15, -0.1) is 0 Å². The summed E-state index contributed by atoms with van der Waals surface area (Å²) in [6.45, 7) is 7.86. The molecular weight excluding hydrogens is 244 g/mol. The zero-order valence-corrected chi connectivity index (χ0v) is 13.7. The molecule has 18 heavy (non-hydrogen) atoms. The number of hydrogen-bond donors (Lipinski definition) is 0. The van der Waals surface area contributed by atoms with E-state index in [2.05, 4.69) is 0 Å². The first kappa shape index (κ1) is 18.1. The summed E-state index contributed by atoms with van der Waals surface area (Å²) in [5.74, 6) is 0. The van der Waals surface area contributed by atoms with Crippen LogP contribution in [0.15, 0.2) is 0 Å². The maximum atomic E-state index is 5.22. The largest absolute Gasteiger partial charge is 0.484 e. The highest BCUT2D eigenvalue weighted by Crippen LogP contribution is 2.15. The van der Waals surface area contributed by atoms with Crippen LogP contribution in [-0.2, 0) is 13.3 Å². The van der Waals surface area contributed by atoms with Gasteiger partial charge in [-0.2, -0.15) is 0 Å². The monoisotopic (exact) mass is 276 g/mol. The predicted molar refractivity (Wildman–Crippen MR) is 79.0 cm³/mol. The second kappa shape index (κ2) is 15.2. The summed E-state index contributed by atoms with van der Waals surface area (Å²) in [5, 5.41) is 0. The Balaban J connectivity index is 0.000000327. The molecule has 1 aliphatic carbocycles. The van der Waals surface area contributed by atoms with Gasteiger partial charge in [0.15, 0.2) is 0 Å². The molecule has 0 aromatic carbocycles. The second-order valence-electron chi connectivity index (χ2n) is 4.48. The number of rotatable bonds is 6. The molecule has 1 rings (SSSR count). The first-order chi connectivity index (χ1) is 8.85. The molecule has 0 aromatic rings. The van der Waals surface area contributed by atoms with E-state index < -0.39 is 9.53 Å². The molecule has 3 nitrogen and oxygen atoms in total. The van der Waals surface area contributed by atoms with Gasteiger partial charge >= 0.3 is 9.53 Å². The first-order valence-electron chi connectivity index (χ1n) is 7.69. The van der Waals surface area contributed by atoms with Crippen molar-refractivity contribution in [1.82, 2.24) is 0 Å². The van der Waals surface area contributed by atoms with Crippen LogP contribution in [0.1, 0.15) is 72.1 Å². The highest BCUT2D eigenvalue weighted by Gasteiger charge is 2.11. The van der Waals surface area contributed by atoms with Gasteiger partial charge in [-0.1, -0.05) is 51.4 Å². The van der Waals surface area contributed by atoms with Crippen LogP contribution in [0.25, 0.3) is 0 Å². The van der Waals surface area contributed by atoms with Crippen LogP contribution >= 0.6 is 0 Å². The van der Waals surface area contributed by atoms with Gasteiger partial charge < -0.3 is 13.3 Å². The van der Waals surface area contributed by atoms with Gasteiger partial charge in [0.1, 0.15) is 0 Å². The molecule has 0 aromatic heterocycles. The van der Waals surface area contributed by atoms with Crippen LogP contribution in [0.5, 0.6) is 0 Å². The lowest BCUT2D eigenvalue weighted by atomic mass is 10.0. The summed E-state index contributed by atoms with van der Waals surface area (Å²) in [4.78, 5) is 0. The summed E-state index contributed by atoms with van der Waals surface area (Å²) < 4.78 is 15.7. The third-order valence-electron chi connectivity index (χ3n) is 2.91. The fourth-order valence-electron chi connectivity index (χ4n) is 1.97. The molecule has 1 aliphatic rings. The lowest BCUT2D eigenvalue weighted by molar-refractivity contribution is 0.107. The van der Waals surface area contributed by atoms with E-state index in [1.54, 1.807) is 0 Å². The molecule has 0 N–H and O–H groups in total. The minimum atomic E-state index is -1.73. The van der Waals surface area contributed by atoms with Crippen molar-refractivity contribution < 1.29 is 13.3 Å². The van der Waals surface area contributed by atoms with E-state index in [1.807, 2.05) is 20.8 Å². The molecule has 0 atom stereocenters. The SMILES string of the molecule is C1CCCCCCC1.CCO[SiH](OCC)OCC. The van der Waals surface area contributed by atoms with Crippen molar-refractivity contribution in [2.45, 2.75) is 72.1 Å². The van der Waals surface area contributed by atoms with Gasteiger partial charge in [0.2, 0.25) is 0 Å². The topological polar surface area (TPSA) is 27.7 Å².